The van der Waals surface area contributed by atoms with Crippen LogP contribution in [-0.2, 0) is 4.79 Å². The lowest BCUT2D eigenvalue weighted by atomic mass is 9.71. The van der Waals surface area contributed by atoms with E-state index in [0.29, 0.717) is 16.8 Å². The van der Waals surface area contributed by atoms with Crippen molar-refractivity contribution in [1.29, 1.82) is 0 Å². The fraction of sp³-hybridized carbons (Fsp3) is 0.640. The third-order valence-corrected chi connectivity index (χ3v) is 5.74. The van der Waals surface area contributed by atoms with Gasteiger partial charge in [0, 0.05) is 17.0 Å². The highest BCUT2D eigenvalue weighted by Gasteiger charge is 2.30. The van der Waals surface area contributed by atoms with E-state index < -0.39 is 0 Å². The number of amides is 1. The number of carbonyl (C=O) groups is 2. The molecule has 2 rings (SSSR count). The highest BCUT2D eigenvalue weighted by Crippen LogP contribution is 2.37. The zero-order valence-electron chi connectivity index (χ0n) is 20.7. The van der Waals surface area contributed by atoms with Crippen LogP contribution in [0.1, 0.15) is 90.6 Å². The molecule has 6 nitrogen and oxygen atoms in total. The van der Waals surface area contributed by atoms with Gasteiger partial charge in [0.15, 0.2) is 0 Å². The number of hydrogen-bond acceptors (Lipinski definition) is 4. The van der Waals surface area contributed by atoms with E-state index in [-0.39, 0.29) is 17.9 Å². The molecule has 1 amide bonds. The van der Waals surface area contributed by atoms with E-state index in [4.69, 9.17) is 17.3 Å². The number of hydrogen-bond donors (Lipinski definition) is 3. The van der Waals surface area contributed by atoms with Crippen LogP contribution in [0.3, 0.4) is 0 Å². The number of nitrogens with one attached hydrogen (secondary N) is 2. The number of aldehydes is 1. The van der Waals surface area contributed by atoms with Gasteiger partial charge >= 0.3 is 0 Å². The Morgan fingerprint density at radius 2 is 1.94 bits per heavy atom. The van der Waals surface area contributed by atoms with Gasteiger partial charge in [-0.3, -0.25) is 9.89 Å². The standard InChI is InChI=1S/C14H24N4O.C9H13ClO.C2H6/c1-14(2,3)9-4-6-10(7-5-9)17-13(19)12-11(15)8-16-18-12;1-3-9(7-11)6-4-5-8(2)10;1-2/h8-10H,4-7,15H2,1-3H3,(H,16,18)(H,17,19);3,5,7,9H,1,4,6H2,2H3;1-2H3/b;8-5+;. The van der Waals surface area contributed by atoms with Crippen LogP contribution in [-0.4, -0.2) is 28.4 Å². The maximum atomic E-state index is 12.0. The molecule has 32 heavy (non-hydrogen) atoms. The van der Waals surface area contributed by atoms with Crippen molar-refractivity contribution < 1.29 is 9.59 Å². The van der Waals surface area contributed by atoms with Crippen LogP contribution in [0.15, 0.2) is 30.0 Å². The van der Waals surface area contributed by atoms with Crippen LogP contribution >= 0.6 is 11.6 Å². The van der Waals surface area contributed by atoms with Crippen LogP contribution < -0.4 is 11.1 Å². The molecular formula is C25H43ClN4O2. The molecule has 0 aromatic carbocycles. The Morgan fingerprint density at radius 3 is 2.34 bits per heavy atom. The Morgan fingerprint density at radius 1 is 1.34 bits per heavy atom. The maximum Gasteiger partial charge on any atom is 0.271 e. The van der Waals surface area contributed by atoms with E-state index in [0.717, 1.165) is 42.9 Å². The second kappa shape index (κ2) is 15.7. The van der Waals surface area contributed by atoms with Crippen molar-refractivity contribution >= 4 is 29.5 Å². The van der Waals surface area contributed by atoms with Crippen molar-refractivity contribution in [2.45, 2.75) is 86.1 Å². The van der Waals surface area contributed by atoms with Gasteiger partial charge in [-0.15, -0.1) is 6.58 Å². The van der Waals surface area contributed by atoms with Crippen molar-refractivity contribution in [3.63, 3.8) is 0 Å². The van der Waals surface area contributed by atoms with Gasteiger partial charge in [0.25, 0.3) is 5.91 Å². The molecule has 1 unspecified atom stereocenters. The minimum Gasteiger partial charge on any atom is -0.396 e. The van der Waals surface area contributed by atoms with Crippen molar-refractivity contribution in [3.8, 4) is 0 Å². The molecule has 1 fully saturated rings. The Bertz CT molecular complexity index is 702. The topological polar surface area (TPSA) is 101 Å². The van der Waals surface area contributed by atoms with Gasteiger partial charge in [0.2, 0.25) is 0 Å². The van der Waals surface area contributed by atoms with E-state index in [9.17, 15) is 9.59 Å². The first-order valence-corrected chi connectivity index (χ1v) is 12.0. The summed E-state index contributed by atoms with van der Waals surface area (Å²) in [5.41, 5.74) is 6.81. The Hall–Kier alpha value is -2.08. The molecule has 1 aromatic heterocycles. The average Bonchev–Trinajstić information content (AvgIpc) is 3.19. The number of nitrogens with two attached hydrogens (primary N) is 1. The molecular weight excluding hydrogens is 424 g/mol. The monoisotopic (exact) mass is 466 g/mol. The summed E-state index contributed by atoms with van der Waals surface area (Å²) in [5.74, 6) is 0.578. The van der Waals surface area contributed by atoms with Gasteiger partial charge in [0.05, 0.1) is 11.9 Å². The van der Waals surface area contributed by atoms with Crippen LogP contribution in [0.2, 0.25) is 0 Å². The molecule has 0 spiro atoms. The molecule has 0 aliphatic heterocycles. The van der Waals surface area contributed by atoms with E-state index in [2.05, 4.69) is 42.9 Å². The zero-order valence-corrected chi connectivity index (χ0v) is 21.5. The summed E-state index contributed by atoms with van der Waals surface area (Å²) in [5, 5.41) is 10.2. The summed E-state index contributed by atoms with van der Waals surface area (Å²) >= 11 is 5.59. The second-order valence-corrected chi connectivity index (χ2v) is 9.59. The van der Waals surface area contributed by atoms with E-state index in [1.165, 1.54) is 19.0 Å². The smallest absolute Gasteiger partial charge is 0.271 e. The van der Waals surface area contributed by atoms with Crippen LogP contribution in [0, 0.1) is 17.3 Å². The quantitative estimate of drug-likeness (QED) is 0.326. The fourth-order valence-electron chi connectivity index (χ4n) is 3.55. The number of anilines is 1. The molecule has 1 saturated carbocycles. The van der Waals surface area contributed by atoms with E-state index in [1.807, 2.05) is 26.8 Å². The molecule has 1 aliphatic rings. The molecule has 182 valence electrons. The molecule has 0 saturated heterocycles. The highest BCUT2D eigenvalue weighted by atomic mass is 35.5. The van der Waals surface area contributed by atoms with Crippen molar-refractivity contribution in [3.05, 3.63) is 35.7 Å². The van der Waals surface area contributed by atoms with Crippen LogP contribution in [0.5, 0.6) is 0 Å². The minimum atomic E-state index is -0.144. The first-order chi connectivity index (χ1) is 15.1. The first-order valence-electron chi connectivity index (χ1n) is 11.6. The SMILES string of the molecule is C=CC(C=O)CC/C=C(\C)Cl.CC.CC(C)(C)C1CCC(NC(=O)c2[nH]ncc2N)CC1. The zero-order chi connectivity index (χ0) is 24.7. The number of halogens is 1. The van der Waals surface area contributed by atoms with Crippen LogP contribution in [0.4, 0.5) is 5.69 Å². The second-order valence-electron chi connectivity index (χ2n) is 8.99. The van der Waals surface area contributed by atoms with Crippen molar-refractivity contribution in [2.24, 2.45) is 17.3 Å². The number of nitrogen functional groups attached to an aromatic ring is 1. The molecule has 7 heteroatoms. The Balaban J connectivity index is 0.000000635. The lowest BCUT2D eigenvalue weighted by Gasteiger charge is -2.37. The number of aromatic amines is 1. The van der Waals surface area contributed by atoms with Crippen molar-refractivity contribution in [2.75, 3.05) is 5.73 Å². The Kier molecular flexibility index (Phi) is 14.7. The number of rotatable bonds is 7. The van der Waals surface area contributed by atoms with Gasteiger partial charge in [0.1, 0.15) is 12.0 Å². The summed E-state index contributed by atoms with van der Waals surface area (Å²) in [6, 6.07) is 0.258. The van der Waals surface area contributed by atoms with Crippen molar-refractivity contribution in [1.82, 2.24) is 15.5 Å². The molecule has 0 bridgehead atoms. The summed E-state index contributed by atoms with van der Waals surface area (Å²) in [4.78, 5) is 22.3. The van der Waals surface area contributed by atoms with E-state index >= 15 is 0 Å². The molecule has 1 aromatic rings. The fourth-order valence-corrected chi connectivity index (χ4v) is 3.66. The Labute approximate surface area is 199 Å². The van der Waals surface area contributed by atoms with Gasteiger partial charge in [-0.25, -0.2) is 0 Å². The number of H-pyrrole nitrogens is 1. The largest absolute Gasteiger partial charge is 0.396 e. The van der Waals surface area contributed by atoms with Gasteiger partial charge in [-0.1, -0.05) is 58.4 Å². The summed E-state index contributed by atoms with van der Waals surface area (Å²) in [6.45, 7) is 16.3. The molecule has 1 heterocycles. The summed E-state index contributed by atoms with van der Waals surface area (Å²) in [7, 11) is 0. The average molecular weight is 467 g/mol. The van der Waals surface area contributed by atoms with Gasteiger partial charge in [-0.05, 0) is 56.8 Å². The molecule has 1 atom stereocenters. The normalized spacial score (nSPS) is 19.4. The van der Waals surface area contributed by atoms with Gasteiger partial charge < -0.3 is 15.8 Å². The predicted molar refractivity (Wildman–Crippen MR) is 136 cm³/mol. The third kappa shape index (κ3) is 11.5. The minimum absolute atomic E-state index is 0.0257. The third-order valence-electron chi connectivity index (χ3n) is 5.59. The molecule has 0 radical (unpaired) electrons. The first kappa shape index (κ1) is 29.9. The molecule has 4 N–H and O–H groups in total. The van der Waals surface area contributed by atoms with Gasteiger partial charge in [-0.2, -0.15) is 5.10 Å². The number of carbonyl (C=O) groups excluding carboxylic acids is 2. The van der Waals surface area contributed by atoms with Crippen LogP contribution in [0.25, 0.3) is 0 Å². The molecule has 1 aliphatic carbocycles. The lowest BCUT2D eigenvalue weighted by molar-refractivity contribution is -0.110. The summed E-state index contributed by atoms with van der Waals surface area (Å²) < 4.78 is 0. The maximum absolute atomic E-state index is 12.0. The number of allylic oxidation sites excluding steroid dienone is 3. The van der Waals surface area contributed by atoms with E-state index in [1.54, 1.807) is 6.08 Å². The lowest BCUT2D eigenvalue weighted by Crippen LogP contribution is -2.39. The summed E-state index contributed by atoms with van der Waals surface area (Å²) in [6.07, 6.45) is 12.0. The number of nitrogens with zero attached hydrogens (tertiary/aromatic N) is 1. The highest BCUT2D eigenvalue weighted by molar-refractivity contribution is 6.29. The predicted octanol–water partition coefficient (Wildman–Crippen LogP) is 6.26. The number of aromatic nitrogens is 2.